The van der Waals surface area contributed by atoms with Gasteiger partial charge in [-0.3, -0.25) is 11.3 Å². The van der Waals surface area contributed by atoms with E-state index < -0.39 is 0 Å². The first kappa shape index (κ1) is 9.19. The summed E-state index contributed by atoms with van der Waals surface area (Å²) in [5.74, 6) is 5.61. The molecule has 72 valence electrons. The second-order valence-electron chi connectivity index (χ2n) is 4.19. The van der Waals surface area contributed by atoms with E-state index in [0.29, 0.717) is 11.5 Å². The van der Waals surface area contributed by atoms with Gasteiger partial charge in [0.15, 0.2) is 0 Å². The quantitative estimate of drug-likeness (QED) is 0.575. The molecule has 0 radical (unpaired) electrons. The number of nitrogens with two attached hydrogens (primary N) is 1. The van der Waals surface area contributed by atoms with Crippen LogP contribution in [0.4, 0.5) is 0 Å². The molecule has 1 heterocycles. The fraction of sp³-hybridized carbons (Fsp3) is 0.600. The van der Waals surface area contributed by atoms with Gasteiger partial charge in [0, 0.05) is 4.88 Å². The van der Waals surface area contributed by atoms with Gasteiger partial charge >= 0.3 is 0 Å². The van der Waals surface area contributed by atoms with E-state index in [-0.39, 0.29) is 0 Å². The van der Waals surface area contributed by atoms with Crippen LogP contribution in [0.2, 0.25) is 0 Å². The van der Waals surface area contributed by atoms with E-state index >= 15 is 0 Å². The second-order valence-corrected chi connectivity index (χ2v) is 5.31. The number of hydrazine groups is 1. The van der Waals surface area contributed by atoms with Crippen molar-refractivity contribution in [3.8, 4) is 0 Å². The Balaban J connectivity index is 2.27. The van der Waals surface area contributed by atoms with Crippen LogP contribution < -0.4 is 11.3 Å². The van der Waals surface area contributed by atoms with Gasteiger partial charge in [-0.25, -0.2) is 0 Å². The summed E-state index contributed by atoms with van der Waals surface area (Å²) in [5, 5.41) is 2.14. The van der Waals surface area contributed by atoms with E-state index in [1.165, 1.54) is 23.3 Å². The molecule has 0 amide bonds. The molecule has 0 spiro atoms. The summed E-state index contributed by atoms with van der Waals surface area (Å²) in [6, 6.07) is 2.53. The average molecular weight is 196 g/mol. The summed E-state index contributed by atoms with van der Waals surface area (Å²) in [6.07, 6.45) is 2.58. The maximum absolute atomic E-state index is 5.61. The molecular weight excluding hydrogens is 180 g/mol. The molecule has 1 aromatic heterocycles. The molecule has 0 saturated heterocycles. The zero-order chi connectivity index (χ0) is 9.47. The molecule has 1 unspecified atom stereocenters. The Morgan fingerprint density at radius 3 is 2.69 bits per heavy atom. The Morgan fingerprint density at radius 2 is 2.31 bits per heavy atom. The van der Waals surface area contributed by atoms with Gasteiger partial charge in [0.1, 0.15) is 0 Å². The first-order valence-corrected chi connectivity index (χ1v) is 5.55. The van der Waals surface area contributed by atoms with E-state index in [4.69, 9.17) is 5.84 Å². The molecule has 1 aliphatic carbocycles. The minimum atomic E-state index is 0.346. The van der Waals surface area contributed by atoms with Crippen molar-refractivity contribution in [3.05, 3.63) is 21.9 Å². The highest BCUT2D eigenvalue weighted by molar-refractivity contribution is 7.10. The van der Waals surface area contributed by atoms with Crippen molar-refractivity contribution in [1.82, 2.24) is 5.43 Å². The van der Waals surface area contributed by atoms with Crippen LogP contribution in [0.3, 0.4) is 0 Å². The third-order valence-corrected chi connectivity index (χ3v) is 3.97. The molecule has 1 saturated carbocycles. The Labute approximate surface area is 83.1 Å². The zero-order valence-electron chi connectivity index (χ0n) is 8.13. The van der Waals surface area contributed by atoms with Crippen LogP contribution in [0.15, 0.2) is 11.4 Å². The third kappa shape index (κ3) is 1.52. The van der Waals surface area contributed by atoms with E-state index in [2.05, 4.69) is 30.7 Å². The molecule has 0 aliphatic heterocycles. The highest BCUT2D eigenvalue weighted by Gasteiger charge is 2.45. The summed E-state index contributed by atoms with van der Waals surface area (Å²) in [7, 11) is 0. The Kier molecular flexibility index (Phi) is 2.18. The number of rotatable bonds is 3. The van der Waals surface area contributed by atoms with Crippen LogP contribution in [0.5, 0.6) is 0 Å². The minimum Gasteiger partial charge on any atom is -0.271 e. The fourth-order valence-corrected chi connectivity index (χ4v) is 2.59. The van der Waals surface area contributed by atoms with Gasteiger partial charge in [0.2, 0.25) is 0 Å². The normalized spacial score (nSPS) is 21.5. The van der Waals surface area contributed by atoms with Gasteiger partial charge in [-0.15, -0.1) is 11.3 Å². The first-order chi connectivity index (χ1) is 6.17. The molecule has 1 atom stereocenters. The molecule has 13 heavy (non-hydrogen) atoms. The van der Waals surface area contributed by atoms with Crippen molar-refractivity contribution in [3.63, 3.8) is 0 Å². The molecule has 0 bridgehead atoms. The largest absolute Gasteiger partial charge is 0.271 e. The van der Waals surface area contributed by atoms with Crippen LogP contribution in [-0.2, 0) is 0 Å². The highest BCUT2D eigenvalue weighted by Crippen LogP contribution is 2.54. The summed E-state index contributed by atoms with van der Waals surface area (Å²) in [4.78, 5) is 1.39. The number of thiophene rings is 1. The smallest absolute Gasteiger partial charge is 0.0524 e. The predicted molar refractivity (Wildman–Crippen MR) is 56.5 cm³/mol. The average Bonchev–Trinajstić information content (AvgIpc) is 2.69. The molecule has 0 aromatic carbocycles. The van der Waals surface area contributed by atoms with E-state index in [1.54, 1.807) is 11.3 Å². The summed E-state index contributed by atoms with van der Waals surface area (Å²) in [6.45, 7) is 4.46. The SMILES string of the molecule is Cc1sccc1C(NN)C1(C)CC1. The molecule has 3 heteroatoms. The second kappa shape index (κ2) is 3.08. The number of hydrogen-bond donors (Lipinski definition) is 2. The Bertz CT molecular complexity index is 302. The number of aryl methyl sites for hydroxylation is 1. The van der Waals surface area contributed by atoms with Crippen molar-refractivity contribution in [2.75, 3.05) is 0 Å². The molecule has 2 nitrogen and oxygen atoms in total. The van der Waals surface area contributed by atoms with Gasteiger partial charge < -0.3 is 0 Å². The predicted octanol–water partition coefficient (Wildman–Crippen LogP) is 2.36. The number of nitrogens with one attached hydrogen (secondary N) is 1. The lowest BCUT2D eigenvalue weighted by atomic mass is 9.93. The molecule has 3 N–H and O–H groups in total. The van der Waals surface area contributed by atoms with Crippen molar-refractivity contribution in [1.29, 1.82) is 0 Å². The summed E-state index contributed by atoms with van der Waals surface area (Å²) >= 11 is 1.80. The van der Waals surface area contributed by atoms with Crippen molar-refractivity contribution in [2.24, 2.45) is 11.3 Å². The summed E-state index contributed by atoms with van der Waals surface area (Å²) < 4.78 is 0. The molecule has 1 fully saturated rings. The van der Waals surface area contributed by atoms with Crippen molar-refractivity contribution in [2.45, 2.75) is 32.7 Å². The van der Waals surface area contributed by atoms with E-state index in [1.807, 2.05) is 0 Å². The first-order valence-electron chi connectivity index (χ1n) is 4.67. The van der Waals surface area contributed by atoms with Gasteiger partial charge in [0.25, 0.3) is 0 Å². The molecule has 1 aromatic rings. The molecule has 2 rings (SSSR count). The van der Waals surface area contributed by atoms with Gasteiger partial charge in [-0.2, -0.15) is 0 Å². The Hall–Kier alpha value is -0.380. The van der Waals surface area contributed by atoms with Crippen molar-refractivity contribution < 1.29 is 0 Å². The minimum absolute atomic E-state index is 0.346. The standard InChI is InChI=1S/C10H16N2S/c1-7-8(3-6-13-7)9(12-11)10(2)4-5-10/h3,6,9,12H,4-5,11H2,1-2H3. The zero-order valence-corrected chi connectivity index (χ0v) is 8.95. The Morgan fingerprint density at radius 1 is 1.62 bits per heavy atom. The van der Waals surface area contributed by atoms with E-state index in [0.717, 1.165) is 0 Å². The monoisotopic (exact) mass is 196 g/mol. The van der Waals surface area contributed by atoms with Crippen LogP contribution >= 0.6 is 11.3 Å². The van der Waals surface area contributed by atoms with E-state index in [9.17, 15) is 0 Å². The van der Waals surface area contributed by atoms with Crippen molar-refractivity contribution >= 4 is 11.3 Å². The summed E-state index contributed by atoms with van der Waals surface area (Å²) in [5.41, 5.74) is 4.74. The maximum Gasteiger partial charge on any atom is 0.0524 e. The molecule has 1 aliphatic rings. The lowest BCUT2D eigenvalue weighted by molar-refractivity contribution is 0.372. The van der Waals surface area contributed by atoms with Gasteiger partial charge in [0.05, 0.1) is 6.04 Å². The third-order valence-electron chi connectivity index (χ3n) is 3.11. The van der Waals surface area contributed by atoms with Gasteiger partial charge in [-0.05, 0) is 42.2 Å². The maximum atomic E-state index is 5.61. The van der Waals surface area contributed by atoms with Crippen LogP contribution in [0.1, 0.15) is 36.2 Å². The van der Waals surface area contributed by atoms with Gasteiger partial charge in [-0.1, -0.05) is 6.92 Å². The van der Waals surface area contributed by atoms with Crippen LogP contribution in [0, 0.1) is 12.3 Å². The van der Waals surface area contributed by atoms with Crippen LogP contribution in [-0.4, -0.2) is 0 Å². The molecular formula is C10H16N2S. The lowest BCUT2D eigenvalue weighted by Crippen LogP contribution is -2.33. The van der Waals surface area contributed by atoms with Crippen LogP contribution in [0.25, 0.3) is 0 Å². The number of hydrogen-bond acceptors (Lipinski definition) is 3. The topological polar surface area (TPSA) is 38.0 Å². The fourth-order valence-electron chi connectivity index (χ4n) is 1.85. The lowest BCUT2D eigenvalue weighted by Gasteiger charge is -2.22. The highest BCUT2D eigenvalue weighted by atomic mass is 32.1.